The molecular weight excluding hydrogens is 367 g/mol. The molecule has 0 aromatic heterocycles. The highest BCUT2D eigenvalue weighted by atomic mass is 19.4. The monoisotopic (exact) mass is 389 g/mol. The third-order valence-electron chi connectivity index (χ3n) is 4.84. The molecule has 1 aromatic carbocycles. The van der Waals surface area contributed by atoms with E-state index in [-0.39, 0.29) is 25.9 Å². The number of hydrogen-bond donors (Lipinski definition) is 2. The lowest BCUT2D eigenvalue weighted by Gasteiger charge is -2.43. The van der Waals surface area contributed by atoms with Gasteiger partial charge in [0.1, 0.15) is 11.2 Å². The molecule has 0 bridgehead atoms. The number of carboxylic acids is 1. The Hall–Kier alpha value is -2.29. The van der Waals surface area contributed by atoms with Crippen molar-refractivity contribution in [3.63, 3.8) is 0 Å². The summed E-state index contributed by atoms with van der Waals surface area (Å²) < 4.78 is 42.2. The third kappa shape index (κ3) is 5.12. The summed E-state index contributed by atoms with van der Waals surface area (Å²) in [5.74, 6) is -1.56. The molecule has 2 N–H and O–H groups in total. The number of aliphatic carboxylic acids is 1. The minimum absolute atomic E-state index is 0.0188. The van der Waals surface area contributed by atoms with Crippen LogP contribution in [0.4, 0.5) is 13.2 Å². The van der Waals surface area contributed by atoms with Gasteiger partial charge in [-0.2, -0.15) is 13.2 Å². The van der Waals surface area contributed by atoms with Gasteiger partial charge in [0.15, 0.2) is 0 Å². The fourth-order valence-corrected chi connectivity index (χ4v) is 3.31. The zero-order chi connectivity index (χ0) is 20.2. The van der Waals surface area contributed by atoms with Gasteiger partial charge >= 0.3 is 12.1 Å². The summed E-state index contributed by atoms with van der Waals surface area (Å²) in [5.41, 5.74) is -1.11. The van der Waals surface area contributed by atoms with Crippen molar-refractivity contribution in [2.75, 3.05) is 20.2 Å². The van der Waals surface area contributed by atoms with Gasteiger partial charge in [0.25, 0.3) is 0 Å². The number of likely N-dealkylation sites (tertiary alicyclic amines) is 1. The number of hydrogen-bond acceptors (Lipinski definition) is 4. The fourth-order valence-electron chi connectivity index (χ4n) is 3.31. The van der Waals surface area contributed by atoms with E-state index in [0.29, 0.717) is 11.3 Å². The van der Waals surface area contributed by atoms with Gasteiger partial charge in [0.05, 0.1) is 19.6 Å². The van der Waals surface area contributed by atoms with Crippen molar-refractivity contribution in [1.29, 1.82) is 0 Å². The van der Waals surface area contributed by atoms with E-state index in [0.717, 1.165) is 4.90 Å². The van der Waals surface area contributed by atoms with E-state index in [1.165, 1.54) is 7.11 Å². The zero-order valence-electron chi connectivity index (χ0n) is 14.8. The number of methoxy groups -OCH3 is 1. The molecule has 6 nitrogen and oxygen atoms in total. The minimum atomic E-state index is -4.46. The Morgan fingerprint density at radius 3 is 2.67 bits per heavy atom. The van der Waals surface area contributed by atoms with Crippen molar-refractivity contribution in [3.05, 3.63) is 29.8 Å². The van der Waals surface area contributed by atoms with Crippen molar-refractivity contribution < 1.29 is 37.7 Å². The van der Waals surface area contributed by atoms with E-state index < -0.39 is 42.4 Å². The number of carbonyl (C=O) groups is 2. The molecule has 27 heavy (non-hydrogen) atoms. The second kappa shape index (κ2) is 8.16. The molecule has 0 aliphatic carbocycles. The molecule has 0 saturated carbocycles. The van der Waals surface area contributed by atoms with Crippen LogP contribution in [0, 0.1) is 5.41 Å². The van der Waals surface area contributed by atoms with Crippen LogP contribution in [0.25, 0.3) is 0 Å². The van der Waals surface area contributed by atoms with E-state index in [4.69, 9.17) is 4.74 Å². The van der Waals surface area contributed by atoms with Crippen molar-refractivity contribution in [3.8, 4) is 5.75 Å². The molecule has 1 aliphatic heterocycles. The molecule has 1 aromatic rings. The van der Waals surface area contributed by atoms with Gasteiger partial charge in [0, 0.05) is 19.5 Å². The molecule has 9 heteroatoms. The lowest BCUT2D eigenvalue weighted by atomic mass is 9.72. The van der Waals surface area contributed by atoms with Gasteiger partial charge in [0.2, 0.25) is 5.91 Å². The highest BCUT2D eigenvalue weighted by molar-refractivity contribution is 5.80. The Balaban J connectivity index is 2.22. The maximum atomic E-state index is 12.4. The molecule has 0 radical (unpaired) electrons. The topological polar surface area (TPSA) is 87.1 Å². The Morgan fingerprint density at radius 1 is 1.37 bits per heavy atom. The molecule has 1 saturated heterocycles. The fraction of sp³-hybridized carbons (Fsp3) is 0.556. The Bertz CT molecular complexity index is 694. The lowest BCUT2D eigenvalue weighted by Crippen LogP contribution is -2.58. The van der Waals surface area contributed by atoms with E-state index in [1.54, 1.807) is 24.3 Å². The molecule has 1 amide bonds. The molecule has 150 valence electrons. The normalized spacial score (nSPS) is 23.1. The molecule has 1 aliphatic rings. The molecule has 2 rings (SSSR count). The van der Waals surface area contributed by atoms with E-state index >= 15 is 0 Å². The van der Waals surface area contributed by atoms with E-state index in [9.17, 15) is 33.0 Å². The van der Waals surface area contributed by atoms with Crippen molar-refractivity contribution in [2.45, 2.75) is 38.0 Å². The largest absolute Gasteiger partial charge is 0.497 e. The number of alkyl halides is 3. The first-order chi connectivity index (χ1) is 12.6. The number of rotatable bonds is 6. The quantitative estimate of drug-likeness (QED) is 0.779. The summed E-state index contributed by atoms with van der Waals surface area (Å²) in [6, 6.07) is 6.65. The van der Waals surface area contributed by atoms with Gasteiger partial charge in [-0.3, -0.25) is 9.59 Å². The van der Waals surface area contributed by atoms with Crippen LogP contribution in [0.15, 0.2) is 24.3 Å². The highest BCUT2D eigenvalue weighted by Gasteiger charge is 2.50. The Morgan fingerprint density at radius 2 is 2.07 bits per heavy atom. The number of piperidine rings is 1. The number of carboxylic acid groups (broad SMARTS) is 1. The van der Waals surface area contributed by atoms with Crippen LogP contribution in [-0.4, -0.2) is 59.5 Å². The average molecular weight is 389 g/mol. The van der Waals surface area contributed by atoms with Gasteiger partial charge in [-0.1, -0.05) is 12.1 Å². The van der Waals surface area contributed by atoms with Crippen LogP contribution >= 0.6 is 0 Å². The van der Waals surface area contributed by atoms with Crippen molar-refractivity contribution in [1.82, 2.24) is 4.90 Å². The van der Waals surface area contributed by atoms with Crippen molar-refractivity contribution >= 4 is 11.9 Å². The second-order valence-corrected chi connectivity index (χ2v) is 6.72. The number of nitrogens with zero attached hydrogens (tertiary/aromatic N) is 1. The summed E-state index contributed by atoms with van der Waals surface area (Å²) in [7, 11) is 1.46. The smallest absolute Gasteiger partial charge is 0.389 e. The first-order valence-electron chi connectivity index (χ1n) is 8.46. The van der Waals surface area contributed by atoms with Crippen LogP contribution < -0.4 is 4.74 Å². The third-order valence-corrected chi connectivity index (χ3v) is 4.84. The standard InChI is InChI=1S/C18H22F3NO5/c1-27-13-4-2-3-12(9-13)10-17(16(25)26)11-22(8-6-14(17)23)15(24)5-7-18(19,20)21/h2-4,9,14,23H,5-8,10-11H2,1H3,(H,25,26)/t14-,17+/m0/s1. The minimum Gasteiger partial charge on any atom is -0.497 e. The molecule has 1 fully saturated rings. The maximum Gasteiger partial charge on any atom is 0.389 e. The van der Waals surface area contributed by atoms with Crippen LogP contribution in [-0.2, 0) is 16.0 Å². The number of halogens is 3. The summed E-state index contributed by atoms with van der Waals surface area (Å²) in [5, 5.41) is 20.2. The zero-order valence-corrected chi connectivity index (χ0v) is 14.8. The number of ether oxygens (including phenoxy) is 1. The predicted molar refractivity (Wildman–Crippen MR) is 89.3 cm³/mol. The summed E-state index contributed by atoms with van der Waals surface area (Å²) in [6.07, 6.45) is -7.80. The number of aliphatic hydroxyl groups is 1. The summed E-state index contributed by atoms with van der Waals surface area (Å²) >= 11 is 0. The molecule has 2 atom stereocenters. The second-order valence-electron chi connectivity index (χ2n) is 6.72. The molecule has 1 heterocycles. The Labute approximate surface area is 154 Å². The highest BCUT2D eigenvalue weighted by Crippen LogP contribution is 2.36. The van der Waals surface area contributed by atoms with Gasteiger partial charge in [-0.05, 0) is 30.5 Å². The van der Waals surface area contributed by atoms with Crippen LogP contribution in [0.5, 0.6) is 5.75 Å². The maximum absolute atomic E-state index is 12.4. The van der Waals surface area contributed by atoms with Crippen LogP contribution in [0.1, 0.15) is 24.8 Å². The van der Waals surface area contributed by atoms with Crippen LogP contribution in [0.3, 0.4) is 0 Å². The SMILES string of the molecule is COc1cccc(C[C@@]2(C(=O)O)CN(C(=O)CCC(F)(F)F)CC[C@@H]2O)c1. The first kappa shape index (κ1) is 21.0. The Kier molecular flexibility index (Phi) is 6.35. The number of benzene rings is 1. The molecule has 0 unspecified atom stereocenters. The van der Waals surface area contributed by atoms with Gasteiger partial charge < -0.3 is 19.8 Å². The number of aliphatic hydroxyl groups excluding tert-OH is 1. The van der Waals surface area contributed by atoms with E-state index in [1.807, 2.05) is 0 Å². The molecular formula is C18H22F3NO5. The summed E-state index contributed by atoms with van der Waals surface area (Å²) in [4.78, 5) is 25.3. The predicted octanol–water partition coefficient (Wildman–Crippen LogP) is 2.24. The van der Waals surface area contributed by atoms with Crippen molar-refractivity contribution in [2.24, 2.45) is 5.41 Å². The number of carbonyl (C=O) groups excluding carboxylic acids is 1. The van der Waals surface area contributed by atoms with Gasteiger partial charge in [-0.25, -0.2) is 0 Å². The average Bonchev–Trinajstić information content (AvgIpc) is 2.61. The molecule has 0 spiro atoms. The number of amides is 1. The first-order valence-corrected chi connectivity index (χ1v) is 8.46. The lowest BCUT2D eigenvalue weighted by molar-refractivity contribution is -0.168. The summed E-state index contributed by atoms with van der Waals surface area (Å²) in [6.45, 7) is -0.331. The van der Waals surface area contributed by atoms with Crippen LogP contribution in [0.2, 0.25) is 0 Å². The van der Waals surface area contributed by atoms with E-state index in [2.05, 4.69) is 0 Å². The van der Waals surface area contributed by atoms with Gasteiger partial charge in [-0.15, -0.1) is 0 Å².